The molecule has 0 atom stereocenters. The van der Waals surface area contributed by atoms with Crippen LogP contribution in [0.2, 0.25) is 5.15 Å². The summed E-state index contributed by atoms with van der Waals surface area (Å²) in [5.74, 6) is 0.994. The van der Waals surface area contributed by atoms with Crippen LogP contribution in [0.15, 0.2) is 6.07 Å². The Balaban J connectivity index is 1.80. The lowest BCUT2D eigenvalue weighted by Gasteiger charge is -2.35. The van der Waals surface area contributed by atoms with Crippen molar-refractivity contribution in [1.82, 2.24) is 19.4 Å². The van der Waals surface area contributed by atoms with E-state index in [9.17, 15) is 0 Å². The van der Waals surface area contributed by atoms with Crippen LogP contribution in [-0.2, 0) is 11.8 Å². The van der Waals surface area contributed by atoms with E-state index < -0.39 is 0 Å². The second-order valence-electron chi connectivity index (χ2n) is 5.69. The molecular formula is C15H22ClN5O. The van der Waals surface area contributed by atoms with Crippen molar-refractivity contribution < 1.29 is 4.74 Å². The van der Waals surface area contributed by atoms with Crippen LogP contribution in [0.3, 0.4) is 0 Å². The van der Waals surface area contributed by atoms with Crippen molar-refractivity contribution in [1.29, 1.82) is 0 Å². The zero-order valence-corrected chi connectivity index (χ0v) is 14.1. The fourth-order valence-electron chi connectivity index (χ4n) is 2.96. The number of fused-ring (bicyclic) bond motifs is 1. The summed E-state index contributed by atoms with van der Waals surface area (Å²) in [5.41, 5.74) is 2.85. The lowest BCUT2D eigenvalue weighted by molar-refractivity contribution is 0.143. The van der Waals surface area contributed by atoms with E-state index >= 15 is 0 Å². The van der Waals surface area contributed by atoms with E-state index in [4.69, 9.17) is 21.3 Å². The second-order valence-corrected chi connectivity index (χ2v) is 6.08. The molecule has 0 spiro atoms. The Hall–Kier alpha value is -1.37. The van der Waals surface area contributed by atoms with Crippen molar-refractivity contribution in [3.63, 3.8) is 0 Å². The summed E-state index contributed by atoms with van der Waals surface area (Å²) in [5, 5.41) is 0.518. The van der Waals surface area contributed by atoms with Gasteiger partial charge in [-0.2, -0.15) is 0 Å². The van der Waals surface area contributed by atoms with Gasteiger partial charge in [0.15, 0.2) is 0 Å². The number of aryl methyl sites for hydroxylation is 2. The van der Waals surface area contributed by atoms with Gasteiger partial charge in [-0.15, -0.1) is 0 Å². The normalized spacial score (nSPS) is 16.6. The third kappa shape index (κ3) is 2.91. The number of nitrogens with zero attached hydrogens (tertiary/aromatic N) is 5. The van der Waals surface area contributed by atoms with Crippen molar-refractivity contribution in [3.8, 4) is 0 Å². The van der Waals surface area contributed by atoms with E-state index in [1.54, 1.807) is 7.11 Å². The molecule has 0 aromatic carbocycles. The minimum Gasteiger partial charge on any atom is -0.383 e. The number of hydrogen-bond donors (Lipinski definition) is 0. The van der Waals surface area contributed by atoms with Crippen molar-refractivity contribution >= 4 is 28.6 Å². The Labute approximate surface area is 135 Å². The molecule has 2 aromatic rings. The molecule has 1 saturated heterocycles. The van der Waals surface area contributed by atoms with Crippen molar-refractivity contribution in [2.45, 2.75) is 6.92 Å². The average Bonchev–Trinajstić information content (AvgIpc) is 2.83. The summed E-state index contributed by atoms with van der Waals surface area (Å²) < 4.78 is 7.26. The highest BCUT2D eigenvalue weighted by Crippen LogP contribution is 2.25. The average molecular weight is 324 g/mol. The molecule has 2 aromatic heterocycles. The number of aromatic nitrogens is 3. The van der Waals surface area contributed by atoms with Crippen molar-refractivity contribution in [2.24, 2.45) is 7.05 Å². The minimum atomic E-state index is 0.518. The Kier molecular flexibility index (Phi) is 4.52. The number of anilines is 1. The molecule has 0 unspecified atom stereocenters. The summed E-state index contributed by atoms with van der Waals surface area (Å²) in [6.07, 6.45) is 0. The lowest BCUT2D eigenvalue weighted by atomic mass is 10.3. The predicted molar refractivity (Wildman–Crippen MR) is 88.8 cm³/mol. The number of methoxy groups -OCH3 is 1. The van der Waals surface area contributed by atoms with Gasteiger partial charge < -0.3 is 14.2 Å². The van der Waals surface area contributed by atoms with Crippen molar-refractivity contribution in [2.75, 3.05) is 51.3 Å². The first-order valence-electron chi connectivity index (χ1n) is 7.56. The Bertz CT molecular complexity index is 663. The van der Waals surface area contributed by atoms with Gasteiger partial charge in [0.1, 0.15) is 10.7 Å². The molecule has 0 bridgehead atoms. The number of pyridine rings is 1. The monoisotopic (exact) mass is 323 g/mol. The van der Waals surface area contributed by atoms with Crippen LogP contribution >= 0.6 is 11.6 Å². The van der Waals surface area contributed by atoms with Gasteiger partial charge >= 0.3 is 0 Å². The topological polar surface area (TPSA) is 46.4 Å². The highest BCUT2D eigenvalue weighted by atomic mass is 35.5. The molecule has 0 saturated carbocycles. The molecular weight excluding hydrogens is 302 g/mol. The summed E-state index contributed by atoms with van der Waals surface area (Å²) in [6, 6.07) is 1.88. The number of rotatable bonds is 4. The van der Waals surface area contributed by atoms with Gasteiger partial charge in [0.2, 0.25) is 5.95 Å². The van der Waals surface area contributed by atoms with E-state index in [0.29, 0.717) is 5.15 Å². The quantitative estimate of drug-likeness (QED) is 0.801. The van der Waals surface area contributed by atoms with Gasteiger partial charge in [0, 0.05) is 52.9 Å². The third-order valence-electron chi connectivity index (χ3n) is 4.26. The van der Waals surface area contributed by atoms with Crippen LogP contribution in [0.5, 0.6) is 0 Å². The first kappa shape index (κ1) is 15.5. The molecule has 0 amide bonds. The Morgan fingerprint density at radius 3 is 2.64 bits per heavy atom. The first-order chi connectivity index (χ1) is 10.6. The van der Waals surface area contributed by atoms with Crippen LogP contribution in [0, 0.1) is 6.92 Å². The van der Waals surface area contributed by atoms with E-state index in [1.807, 2.05) is 20.0 Å². The molecule has 0 N–H and O–H groups in total. The van der Waals surface area contributed by atoms with Gasteiger partial charge in [0.25, 0.3) is 0 Å². The molecule has 0 radical (unpaired) electrons. The number of ether oxygens (including phenoxy) is 1. The molecule has 3 heterocycles. The number of halogens is 1. The van der Waals surface area contributed by atoms with Crippen LogP contribution in [0.4, 0.5) is 5.95 Å². The minimum absolute atomic E-state index is 0.518. The van der Waals surface area contributed by atoms with E-state index in [1.165, 1.54) is 0 Å². The fourth-order valence-corrected chi connectivity index (χ4v) is 3.19. The van der Waals surface area contributed by atoms with Gasteiger partial charge in [-0.05, 0) is 6.92 Å². The van der Waals surface area contributed by atoms with Gasteiger partial charge in [0.05, 0.1) is 17.8 Å². The Morgan fingerprint density at radius 1 is 1.23 bits per heavy atom. The van der Waals surface area contributed by atoms with Gasteiger partial charge in [-0.1, -0.05) is 11.6 Å². The summed E-state index contributed by atoms with van der Waals surface area (Å²) >= 11 is 6.07. The highest BCUT2D eigenvalue weighted by Gasteiger charge is 2.22. The molecule has 3 rings (SSSR count). The number of hydrogen-bond acceptors (Lipinski definition) is 5. The SMILES string of the molecule is COCCN1CCN(c2nc3c(C)nc(Cl)cc3n2C)CC1. The second kappa shape index (κ2) is 6.40. The molecule has 1 aliphatic heterocycles. The number of piperazine rings is 1. The standard InChI is InChI=1S/C15H22ClN5O/c1-11-14-12(10-13(16)17-11)19(2)15(18-14)21-6-4-20(5-7-21)8-9-22-3/h10H,4-9H2,1-3H3. The zero-order valence-electron chi connectivity index (χ0n) is 13.3. The van der Waals surface area contributed by atoms with Gasteiger partial charge in [-0.3, -0.25) is 4.90 Å². The largest absolute Gasteiger partial charge is 0.383 e. The molecule has 1 aliphatic rings. The zero-order chi connectivity index (χ0) is 15.7. The summed E-state index contributed by atoms with van der Waals surface area (Å²) in [7, 11) is 3.79. The van der Waals surface area contributed by atoms with E-state index in [0.717, 1.165) is 62.0 Å². The van der Waals surface area contributed by atoms with Crippen LogP contribution in [0.25, 0.3) is 11.0 Å². The smallest absolute Gasteiger partial charge is 0.206 e. The molecule has 22 heavy (non-hydrogen) atoms. The van der Waals surface area contributed by atoms with Crippen LogP contribution < -0.4 is 4.90 Å². The summed E-state index contributed by atoms with van der Waals surface area (Å²) in [6.45, 7) is 7.74. The molecule has 0 aliphatic carbocycles. The maximum Gasteiger partial charge on any atom is 0.206 e. The van der Waals surface area contributed by atoms with Crippen LogP contribution in [-0.4, -0.2) is 65.9 Å². The third-order valence-corrected chi connectivity index (χ3v) is 4.45. The predicted octanol–water partition coefficient (Wildman–Crippen LogP) is 1.70. The maximum absolute atomic E-state index is 6.07. The van der Waals surface area contributed by atoms with E-state index in [-0.39, 0.29) is 0 Å². The van der Waals surface area contributed by atoms with Crippen molar-refractivity contribution in [3.05, 3.63) is 16.9 Å². The van der Waals surface area contributed by atoms with Gasteiger partial charge in [-0.25, -0.2) is 9.97 Å². The maximum atomic E-state index is 6.07. The van der Waals surface area contributed by atoms with Crippen LogP contribution in [0.1, 0.15) is 5.69 Å². The molecule has 6 nitrogen and oxygen atoms in total. The first-order valence-corrected chi connectivity index (χ1v) is 7.93. The molecule has 120 valence electrons. The highest BCUT2D eigenvalue weighted by molar-refractivity contribution is 6.30. The molecule has 7 heteroatoms. The van der Waals surface area contributed by atoms with E-state index in [2.05, 4.69) is 19.4 Å². The molecule has 1 fully saturated rings. The lowest BCUT2D eigenvalue weighted by Crippen LogP contribution is -2.48. The Morgan fingerprint density at radius 2 is 1.95 bits per heavy atom. The number of imidazole rings is 1. The fraction of sp³-hybridized carbons (Fsp3) is 0.600. The summed E-state index contributed by atoms with van der Waals surface area (Å²) in [4.78, 5) is 13.8.